The van der Waals surface area contributed by atoms with E-state index >= 15 is 0 Å². The van der Waals surface area contributed by atoms with Gasteiger partial charge in [-0.3, -0.25) is 0 Å². The zero-order chi connectivity index (χ0) is 13.2. The fourth-order valence-corrected chi connectivity index (χ4v) is 3.50. The zero-order valence-corrected chi connectivity index (χ0v) is 11.6. The van der Waals surface area contributed by atoms with Crippen LogP contribution in [0.2, 0.25) is 0 Å². The Balaban J connectivity index is 1.77. The topological polar surface area (TPSA) is 46.6 Å². The summed E-state index contributed by atoms with van der Waals surface area (Å²) in [6, 6.07) is 9.92. The van der Waals surface area contributed by atoms with Crippen molar-refractivity contribution in [3.05, 3.63) is 35.9 Å². The summed E-state index contributed by atoms with van der Waals surface area (Å²) in [4.78, 5) is 0. The maximum absolute atomic E-state index is 11.8. The third-order valence-electron chi connectivity index (χ3n) is 3.31. The van der Waals surface area contributed by atoms with E-state index < -0.39 is 10.0 Å². The van der Waals surface area contributed by atoms with Crippen molar-refractivity contribution < 1.29 is 13.2 Å². The molecule has 0 aliphatic heterocycles. The van der Waals surface area contributed by atoms with Crippen LogP contribution in [0, 0.1) is 0 Å². The summed E-state index contributed by atoms with van der Waals surface area (Å²) in [6.45, 7) is 0.556. The predicted molar refractivity (Wildman–Crippen MR) is 70.6 cm³/mol. The molecule has 0 heterocycles. The van der Waals surface area contributed by atoms with E-state index in [4.69, 9.17) is 4.74 Å². The van der Waals surface area contributed by atoms with Crippen LogP contribution in [0.15, 0.2) is 30.3 Å². The smallest absolute Gasteiger partial charge is 0.216 e. The quantitative estimate of drug-likeness (QED) is 0.816. The van der Waals surface area contributed by atoms with Crippen molar-refractivity contribution in [2.75, 3.05) is 14.1 Å². The Bertz CT molecular complexity index is 478. The maximum Gasteiger partial charge on any atom is 0.216 e. The molecular weight excluding hydrogens is 250 g/mol. The van der Waals surface area contributed by atoms with Gasteiger partial charge in [-0.1, -0.05) is 30.3 Å². The van der Waals surface area contributed by atoms with E-state index in [1.165, 1.54) is 4.31 Å². The molecule has 1 aromatic rings. The molecule has 0 atom stereocenters. The van der Waals surface area contributed by atoms with E-state index in [0.717, 1.165) is 5.56 Å². The van der Waals surface area contributed by atoms with E-state index in [1.807, 2.05) is 30.3 Å². The molecule has 2 rings (SSSR count). The molecule has 4 nitrogen and oxygen atoms in total. The number of nitrogens with zero attached hydrogens (tertiary/aromatic N) is 1. The highest BCUT2D eigenvalue weighted by atomic mass is 32.2. The number of hydrogen-bond donors (Lipinski definition) is 0. The first kappa shape index (κ1) is 13.5. The van der Waals surface area contributed by atoms with Gasteiger partial charge in [-0.25, -0.2) is 12.7 Å². The highest BCUT2D eigenvalue weighted by molar-refractivity contribution is 7.89. The molecule has 1 aromatic carbocycles. The van der Waals surface area contributed by atoms with Crippen molar-refractivity contribution in [3.63, 3.8) is 0 Å². The summed E-state index contributed by atoms with van der Waals surface area (Å²) in [5.74, 6) is 0. The SMILES string of the molecule is CN(C)S(=O)(=O)[C@H]1C[C@@H](OCc2ccccc2)C1. The van der Waals surface area contributed by atoms with Crippen LogP contribution in [-0.2, 0) is 21.4 Å². The number of sulfonamides is 1. The third kappa shape index (κ3) is 2.91. The first-order chi connectivity index (χ1) is 8.50. The van der Waals surface area contributed by atoms with Crippen LogP contribution in [0.1, 0.15) is 18.4 Å². The molecule has 1 saturated carbocycles. The summed E-state index contributed by atoms with van der Waals surface area (Å²) in [5.41, 5.74) is 1.12. The second kappa shape index (κ2) is 5.38. The summed E-state index contributed by atoms with van der Waals surface area (Å²) in [5, 5.41) is -0.270. The summed E-state index contributed by atoms with van der Waals surface area (Å²) >= 11 is 0. The molecule has 18 heavy (non-hydrogen) atoms. The number of ether oxygens (including phenoxy) is 1. The monoisotopic (exact) mass is 269 g/mol. The van der Waals surface area contributed by atoms with Crippen molar-refractivity contribution >= 4 is 10.0 Å². The molecule has 0 spiro atoms. The Kier molecular flexibility index (Phi) is 4.04. The second-order valence-corrected chi connectivity index (χ2v) is 7.27. The van der Waals surface area contributed by atoms with Gasteiger partial charge in [0, 0.05) is 14.1 Å². The highest BCUT2D eigenvalue weighted by Gasteiger charge is 2.40. The number of benzene rings is 1. The molecule has 0 N–H and O–H groups in total. The van der Waals surface area contributed by atoms with Crippen LogP contribution in [0.3, 0.4) is 0 Å². The Morgan fingerprint density at radius 2 is 1.83 bits per heavy atom. The summed E-state index contributed by atoms with van der Waals surface area (Å²) in [7, 11) is 0.0511. The van der Waals surface area contributed by atoms with Crippen molar-refractivity contribution in [1.82, 2.24) is 4.31 Å². The van der Waals surface area contributed by atoms with Gasteiger partial charge < -0.3 is 4.74 Å². The molecular formula is C13H19NO3S. The van der Waals surface area contributed by atoms with Crippen LogP contribution in [0.5, 0.6) is 0 Å². The Morgan fingerprint density at radius 1 is 1.22 bits per heavy atom. The third-order valence-corrected chi connectivity index (χ3v) is 5.56. The van der Waals surface area contributed by atoms with Gasteiger partial charge in [-0.15, -0.1) is 0 Å². The normalized spacial score (nSPS) is 23.9. The van der Waals surface area contributed by atoms with E-state index in [0.29, 0.717) is 19.4 Å². The molecule has 0 amide bonds. The van der Waals surface area contributed by atoms with E-state index in [1.54, 1.807) is 14.1 Å². The molecule has 0 radical (unpaired) electrons. The summed E-state index contributed by atoms with van der Waals surface area (Å²) in [6.07, 6.45) is 1.28. The fraction of sp³-hybridized carbons (Fsp3) is 0.538. The standard InChI is InChI=1S/C13H19NO3S/c1-14(2)18(15,16)13-8-12(9-13)17-10-11-6-4-3-5-7-11/h3-7,12-13H,8-10H2,1-2H3/t12-,13+. The predicted octanol–water partition coefficient (Wildman–Crippen LogP) is 1.63. The molecule has 1 aliphatic carbocycles. The van der Waals surface area contributed by atoms with Crippen molar-refractivity contribution in [3.8, 4) is 0 Å². The molecule has 1 aliphatic rings. The van der Waals surface area contributed by atoms with E-state index in [9.17, 15) is 8.42 Å². The van der Waals surface area contributed by atoms with Crippen LogP contribution in [-0.4, -0.2) is 38.2 Å². The van der Waals surface area contributed by atoms with Gasteiger partial charge in [0.05, 0.1) is 18.0 Å². The lowest BCUT2D eigenvalue weighted by Crippen LogP contribution is -2.45. The Labute approximate surface area is 109 Å². The lowest BCUT2D eigenvalue weighted by molar-refractivity contribution is -0.00714. The van der Waals surface area contributed by atoms with Crippen LogP contribution < -0.4 is 0 Å². The lowest BCUT2D eigenvalue weighted by atomic mass is 9.95. The first-order valence-corrected chi connectivity index (χ1v) is 7.57. The number of hydrogen-bond acceptors (Lipinski definition) is 3. The van der Waals surface area contributed by atoms with Gasteiger partial charge >= 0.3 is 0 Å². The molecule has 100 valence electrons. The van der Waals surface area contributed by atoms with Gasteiger partial charge in [-0.2, -0.15) is 0 Å². The molecule has 0 saturated heterocycles. The minimum absolute atomic E-state index is 0.0740. The van der Waals surface area contributed by atoms with Gasteiger partial charge in [0.25, 0.3) is 0 Å². The minimum atomic E-state index is -3.10. The first-order valence-electron chi connectivity index (χ1n) is 6.07. The molecule has 0 aromatic heterocycles. The van der Waals surface area contributed by atoms with E-state index in [-0.39, 0.29) is 11.4 Å². The van der Waals surface area contributed by atoms with E-state index in [2.05, 4.69) is 0 Å². The Hall–Kier alpha value is -0.910. The average molecular weight is 269 g/mol. The van der Waals surface area contributed by atoms with Gasteiger partial charge in [-0.05, 0) is 18.4 Å². The number of rotatable bonds is 5. The molecule has 5 heteroatoms. The molecule has 1 fully saturated rings. The fourth-order valence-electron chi connectivity index (χ4n) is 1.98. The molecule has 0 bridgehead atoms. The molecule has 0 unspecified atom stereocenters. The average Bonchev–Trinajstić information content (AvgIpc) is 2.27. The largest absolute Gasteiger partial charge is 0.373 e. The van der Waals surface area contributed by atoms with Crippen molar-refractivity contribution in [2.24, 2.45) is 0 Å². The second-order valence-electron chi connectivity index (χ2n) is 4.84. The van der Waals surface area contributed by atoms with Gasteiger partial charge in [0.15, 0.2) is 0 Å². The van der Waals surface area contributed by atoms with Crippen LogP contribution >= 0.6 is 0 Å². The minimum Gasteiger partial charge on any atom is -0.373 e. The van der Waals surface area contributed by atoms with Gasteiger partial charge in [0.2, 0.25) is 10.0 Å². The lowest BCUT2D eigenvalue weighted by Gasteiger charge is -2.35. The van der Waals surface area contributed by atoms with Crippen molar-refractivity contribution in [2.45, 2.75) is 30.8 Å². The van der Waals surface area contributed by atoms with Crippen LogP contribution in [0.25, 0.3) is 0 Å². The van der Waals surface area contributed by atoms with Crippen molar-refractivity contribution in [1.29, 1.82) is 0 Å². The van der Waals surface area contributed by atoms with Gasteiger partial charge in [0.1, 0.15) is 0 Å². The van der Waals surface area contributed by atoms with Crippen LogP contribution in [0.4, 0.5) is 0 Å². The zero-order valence-electron chi connectivity index (χ0n) is 10.7. The summed E-state index contributed by atoms with van der Waals surface area (Å²) < 4.78 is 30.6. The highest BCUT2D eigenvalue weighted by Crippen LogP contribution is 2.31. The maximum atomic E-state index is 11.8. The Morgan fingerprint density at radius 3 is 2.39 bits per heavy atom.